The zero-order valence-corrected chi connectivity index (χ0v) is 18.8. The second-order valence-electron chi connectivity index (χ2n) is 7.40. The number of carbonyl (C=O) groups excluding carboxylic acids is 2. The van der Waals surface area contributed by atoms with Crippen molar-refractivity contribution < 1.29 is 19.1 Å². The molecular weight excluding hydrogens is 394 g/mol. The van der Waals surface area contributed by atoms with E-state index in [-0.39, 0.29) is 24.7 Å². The fourth-order valence-electron chi connectivity index (χ4n) is 2.96. The summed E-state index contributed by atoms with van der Waals surface area (Å²) in [5, 5.41) is 6.80. The van der Waals surface area contributed by atoms with Crippen molar-refractivity contribution in [2.24, 2.45) is 5.10 Å². The lowest BCUT2D eigenvalue weighted by Gasteiger charge is -2.14. The highest BCUT2D eigenvalue weighted by atomic mass is 16.5. The number of carbonyl (C=O) groups is 2. The molecule has 7 nitrogen and oxygen atoms in total. The third-order valence-electron chi connectivity index (χ3n) is 4.66. The van der Waals surface area contributed by atoms with E-state index in [1.807, 2.05) is 26.0 Å². The molecule has 166 valence electrons. The van der Waals surface area contributed by atoms with Gasteiger partial charge in [-0.2, -0.15) is 5.10 Å². The third-order valence-corrected chi connectivity index (χ3v) is 4.66. The first-order valence-corrected chi connectivity index (χ1v) is 10.4. The highest BCUT2D eigenvalue weighted by Gasteiger charge is 2.11. The molecule has 2 N–H and O–H groups in total. The minimum Gasteiger partial charge on any atom is -0.496 e. The molecule has 0 radical (unpaired) electrons. The van der Waals surface area contributed by atoms with Gasteiger partial charge in [0.25, 0.3) is 0 Å². The summed E-state index contributed by atoms with van der Waals surface area (Å²) in [6, 6.07) is 11.1. The molecule has 0 fully saturated rings. The molecule has 0 heterocycles. The van der Waals surface area contributed by atoms with Crippen LogP contribution in [-0.4, -0.2) is 31.7 Å². The maximum atomic E-state index is 12.1. The van der Waals surface area contributed by atoms with Gasteiger partial charge in [-0.25, -0.2) is 5.43 Å². The van der Waals surface area contributed by atoms with E-state index < -0.39 is 0 Å². The van der Waals surface area contributed by atoms with Crippen molar-refractivity contribution in [1.29, 1.82) is 0 Å². The highest BCUT2D eigenvalue weighted by molar-refractivity contribution is 5.93. The van der Waals surface area contributed by atoms with E-state index in [1.54, 1.807) is 37.6 Å². The van der Waals surface area contributed by atoms with Crippen molar-refractivity contribution in [2.45, 2.75) is 46.5 Å². The third kappa shape index (κ3) is 7.44. The minimum atomic E-state index is -0.326. The number of methoxy groups -OCH3 is 1. The molecule has 0 atom stereocenters. The van der Waals surface area contributed by atoms with Crippen molar-refractivity contribution in [1.82, 2.24) is 5.43 Å². The second kappa shape index (κ2) is 11.7. The van der Waals surface area contributed by atoms with Crippen LogP contribution >= 0.6 is 0 Å². The number of hydrazone groups is 1. The fraction of sp³-hybridized carbons (Fsp3) is 0.375. The van der Waals surface area contributed by atoms with Gasteiger partial charge in [-0.05, 0) is 72.9 Å². The maximum absolute atomic E-state index is 12.1. The number of rotatable bonds is 10. The minimum absolute atomic E-state index is 0.0407. The molecule has 0 saturated heterocycles. The van der Waals surface area contributed by atoms with Crippen LogP contribution in [0.25, 0.3) is 0 Å². The molecule has 2 aromatic carbocycles. The number of amides is 2. The van der Waals surface area contributed by atoms with Gasteiger partial charge >= 0.3 is 0 Å². The Bertz CT molecular complexity index is 921. The topological polar surface area (TPSA) is 89.0 Å². The molecule has 7 heteroatoms. The molecule has 0 aliphatic carbocycles. The van der Waals surface area contributed by atoms with Gasteiger partial charge < -0.3 is 14.8 Å². The predicted octanol–water partition coefficient (Wildman–Crippen LogP) is 4.39. The van der Waals surface area contributed by atoms with Crippen LogP contribution < -0.4 is 20.2 Å². The van der Waals surface area contributed by atoms with Crippen LogP contribution in [0, 0.1) is 6.92 Å². The number of nitrogens with zero attached hydrogens (tertiary/aromatic N) is 1. The SMILES string of the molecule is CCOc1ccc(NC(=O)CCC(=O)NN=Cc2cc(C(C)C)c(OC)cc2C)cc1. The normalized spacial score (nSPS) is 10.9. The van der Waals surface area contributed by atoms with E-state index in [4.69, 9.17) is 9.47 Å². The lowest BCUT2D eigenvalue weighted by molar-refractivity contribution is -0.124. The van der Waals surface area contributed by atoms with Crippen molar-refractivity contribution in [2.75, 3.05) is 19.0 Å². The van der Waals surface area contributed by atoms with Crippen molar-refractivity contribution >= 4 is 23.7 Å². The Morgan fingerprint density at radius 2 is 1.77 bits per heavy atom. The van der Waals surface area contributed by atoms with Crippen LogP contribution in [0.15, 0.2) is 41.5 Å². The second-order valence-corrected chi connectivity index (χ2v) is 7.40. The van der Waals surface area contributed by atoms with Crippen LogP contribution in [0.2, 0.25) is 0 Å². The average Bonchev–Trinajstić information content (AvgIpc) is 2.74. The van der Waals surface area contributed by atoms with E-state index in [9.17, 15) is 9.59 Å². The van der Waals surface area contributed by atoms with E-state index in [2.05, 4.69) is 29.7 Å². The first kappa shape index (κ1) is 23.9. The van der Waals surface area contributed by atoms with Crippen LogP contribution in [0.1, 0.15) is 56.2 Å². The number of anilines is 1. The lowest BCUT2D eigenvalue weighted by Crippen LogP contribution is -2.20. The van der Waals surface area contributed by atoms with Gasteiger partial charge in [-0.3, -0.25) is 9.59 Å². The van der Waals surface area contributed by atoms with Crippen LogP contribution in [0.4, 0.5) is 5.69 Å². The first-order chi connectivity index (χ1) is 14.8. The van der Waals surface area contributed by atoms with E-state index in [0.29, 0.717) is 18.2 Å². The van der Waals surface area contributed by atoms with E-state index >= 15 is 0 Å². The lowest BCUT2D eigenvalue weighted by atomic mass is 9.97. The van der Waals surface area contributed by atoms with Gasteiger partial charge in [0.2, 0.25) is 11.8 Å². The number of nitrogens with one attached hydrogen (secondary N) is 2. The maximum Gasteiger partial charge on any atom is 0.240 e. The van der Waals surface area contributed by atoms with Crippen molar-refractivity contribution in [3.8, 4) is 11.5 Å². The van der Waals surface area contributed by atoms with E-state index in [0.717, 1.165) is 28.2 Å². The first-order valence-electron chi connectivity index (χ1n) is 10.4. The molecule has 2 amide bonds. The molecule has 2 aromatic rings. The Morgan fingerprint density at radius 1 is 1.10 bits per heavy atom. The van der Waals surface area contributed by atoms with Crippen molar-refractivity contribution in [3.05, 3.63) is 53.1 Å². The summed E-state index contributed by atoms with van der Waals surface area (Å²) in [4.78, 5) is 24.1. The zero-order chi connectivity index (χ0) is 22.8. The standard InChI is InChI=1S/C24H31N3O4/c1-6-31-20-9-7-19(8-10-20)26-23(28)11-12-24(29)27-25-15-18-14-21(16(2)3)22(30-5)13-17(18)4/h7-10,13-16H,6,11-12H2,1-5H3,(H,26,28)(H,27,29). The van der Waals surface area contributed by atoms with Gasteiger partial charge in [0.1, 0.15) is 11.5 Å². The van der Waals surface area contributed by atoms with Crippen LogP contribution in [-0.2, 0) is 9.59 Å². The summed E-state index contributed by atoms with van der Waals surface area (Å²) in [5.74, 6) is 1.31. The number of benzene rings is 2. The summed E-state index contributed by atoms with van der Waals surface area (Å²) < 4.78 is 10.8. The molecule has 0 aliphatic heterocycles. The zero-order valence-electron chi connectivity index (χ0n) is 18.8. The quantitative estimate of drug-likeness (QED) is 0.436. The fourth-order valence-corrected chi connectivity index (χ4v) is 2.96. The van der Waals surface area contributed by atoms with Crippen LogP contribution in [0.5, 0.6) is 11.5 Å². The van der Waals surface area contributed by atoms with Gasteiger partial charge in [0, 0.05) is 18.5 Å². The van der Waals surface area contributed by atoms with Gasteiger partial charge in [0.15, 0.2) is 0 Å². The average molecular weight is 426 g/mol. The van der Waals surface area contributed by atoms with E-state index in [1.165, 1.54) is 0 Å². The molecule has 0 saturated carbocycles. The molecule has 31 heavy (non-hydrogen) atoms. The number of ether oxygens (including phenoxy) is 2. The largest absolute Gasteiger partial charge is 0.496 e. The van der Waals surface area contributed by atoms with Crippen LogP contribution in [0.3, 0.4) is 0 Å². The van der Waals surface area contributed by atoms with Gasteiger partial charge in [0.05, 0.1) is 19.9 Å². The monoisotopic (exact) mass is 425 g/mol. The Kier molecular flexibility index (Phi) is 9.06. The smallest absolute Gasteiger partial charge is 0.240 e. The predicted molar refractivity (Wildman–Crippen MR) is 123 cm³/mol. The summed E-state index contributed by atoms with van der Waals surface area (Å²) >= 11 is 0. The van der Waals surface area contributed by atoms with Gasteiger partial charge in [-0.1, -0.05) is 13.8 Å². The number of hydrogen-bond donors (Lipinski definition) is 2. The molecule has 0 spiro atoms. The summed E-state index contributed by atoms with van der Waals surface area (Å²) in [5.41, 5.74) is 6.11. The molecule has 0 bridgehead atoms. The number of aryl methyl sites for hydroxylation is 1. The molecule has 2 rings (SSSR count). The Hall–Kier alpha value is -3.35. The Morgan fingerprint density at radius 3 is 2.39 bits per heavy atom. The molecule has 0 aromatic heterocycles. The molecular formula is C24H31N3O4. The van der Waals surface area contributed by atoms with Gasteiger partial charge in [-0.15, -0.1) is 0 Å². The summed E-state index contributed by atoms with van der Waals surface area (Å²) in [6.07, 6.45) is 1.71. The molecule has 0 aliphatic rings. The van der Waals surface area contributed by atoms with Crippen molar-refractivity contribution in [3.63, 3.8) is 0 Å². The summed E-state index contributed by atoms with van der Waals surface area (Å²) in [7, 11) is 1.65. The molecule has 0 unspecified atom stereocenters. The Balaban J connectivity index is 1.84. The highest BCUT2D eigenvalue weighted by Crippen LogP contribution is 2.29. The Labute approximate surface area is 183 Å². The summed E-state index contributed by atoms with van der Waals surface area (Å²) in [6.45, 7) is 8.63. The number of hydrogen-bond acceptors (Lipinski definition) is 5.